The van der Waals surface area contributed by atoms with Gasteiger partial charge in [-0.3, -0.25) is 0 Å². The fourth-order valence-corrected chi connectivity index (χ4v) is 1.83. The second-order valence-corrected chi connectivity index (χ2v) is 4.02. The Hall–Kier alpha value is -2.00. The van der Waals surface area contributed by atoms with Gasteiger partial charge >= 0.3 is 0 Å². The van der Waals surface area contributed by atoms with E-state index < -0.39 is 0 Å². The van der Waals surface area contributed by atoms with Crippen LogP contribution in [0.25, 0.3) is 0 Å². The molecular formula is C15H17NO2. The lowest BCUT2D eigenvalue weighted by Crippen LogP contribution is -2.14. The van der Waals surface area contributed by atoms with Crippen LogP contribution in [0.2, 0.25) is 0 Å². The molecule has 0 heterocycles. The highest BCUT2D eigenvalue weighted by atomic mass is 16.5. The summed E-state index contributed by atoms with van der Waals surface area (Å²) >= 11 is 0. The summed E-state index contributed by atoms with van der Waals surface area (Å²) in [7, 11) is 1.64. The van der Waals surface area contributed by atoms with E-state index >= 15 is 0 Å². The Bertz CT molecular complexity index is 485. The maximum absolute atomic E-state index is 9.47. The van der Waals surface area contributed by atoms with Crippen LogP contribution in [0.4, 0.5) is 5.69 Å². The van der Waals surface area contributed by atoms with Gasteiger partial charge in [-0.1, -0.05) is 36.4 Å². The molecule has 3 nitrogen and oxygen atoms in total. The first-order valence-corrected chi connectivity index (χ1v) is 5.90. The average Bonchev–Trinajstić information content (AvgIpc) is 2.46. The van der Waals surface area contributed by atoms with Crippen LogP contribution in [0.3, 0.4) is 0 Å². The summed E-state index contributed by atoms with van der Waals surface area (Å²) < 4.78 is 5.17. The fraction of sp³-hybridized carbons (Fsp3) is 0.200. The topological polar surface area (TPSA) is 41.5 Å². The SMILES string of the molecule is COc1cccc(NC(CO)c2ccccc2)c1. The zero-order valence-corrected chi connectivity index (χ0v) is 10.3. The van der Waals surface area contributed by atoms with Crippen LogP contribution < -0.4 is 10.1 Å². The Labute approximate surface area is 107 Å². The summed E-state index contributed by atoms with van der Waals surface area (Å²) in [4.78, 5) is 0. The van der Waals surface area contributed by atoms with Crippen LogP contribution in [0.1, 0.15) is 11.6 Å². The number of nitrogens with one attached hydrogen (secondary N) is 1. The molecule has 0 radical (unpaired) electrons. The van der Waals surface area contributed by atoms with Crippen molar-refractivity contribution in [2.45, 2.75) is 6.04 Å². The largest absolute Gasteiger partial charge is 0.497 e. The van der Waals surface area contributed by atoms with Crippen molar-refractivity contribution in [3.63, 3.8) is 0 Å². The molecule has 0 aliphatic carbocycles. The first kappa shape index (κ1) is 12.5. The lowest BCUT2D eigenvalue weighted by molar-refractivity contribution is 0.276. The molecule has 0 aliphatic rings. The number of ether oxygens (including phenoxy) is 1. The molecule has 3 heteroatoms. The molecule has 2 aromatic carbocycles. The molecule has 0 spiro atoms. The van der Waals surface area contributed by atoms with E-state index in [1.807, 2.05) is 54.6 Å². The van der Waals surface area contributed by atoms with Gasteiger partial charge in [-0.25, -0.2) is 0 Å². The zero-order valence-electron chi connectivity index (χ0n) is 10.3. The van der Waals surface area contributed by atoms with Crippen molar-refractivity contribution in [1.29, 1.82) is 0 Å². The minimum Gasteiger partial charge on any atom is -0.497 e. The molecule has 1 atom stereocenters. The number of anilines is 1. The van der Waals surface area contributed by atoms with Crippen LogP contribution in [-0.4, -0.2) is 18.8 Å². The molecule has 0 saturated carbocycles. The fourth-order valence-electron chi connectivity index (χ4n) is 1.83. The van der Waals surface area contributed by atoms with Gasteiger partial charge in [-0.15, -0.1) is 0 Å². The van der Waals surface area contributed by atoms with E-state index in [-0.39, 0.29) is 12.6 Å². The third-order valence-electron chi connectivity index (χ3n) is 2.80. The third-order valence-corrected chi connectivity index (χ3v) is 2.80. The van der Waals surface area contributed by atoms with Gasteiger partial charge in [0.15, 0.2) is 0 Å². The number of benzene rings is 2. The summed E-state index contributed by atoms with van der Waals surface area (Å²) in [5.74, 6) is 0.796. The summed E-state index contributed by atoms with van der Waals surface area (Å²) in [6, 6.07) is 17.4. The van der Waals surface area contributed by atoms with Gasteiger partial charge in [-0.2, -0.15) is 0 Å². The summed E-state index contributed by atoms with van der Waals surface area (Å²) in [6.45, 7) is 0.0429. The summed E-state index contributed by atoms with van der Waals surface area (Å²) in [6.07, 6.45) is 0. The quantitative estimate of drug-likeness (QED) is 0.848. The molecule has 0 aromatic heterocycles. The van der Waals surface area contributed by atoms with Gasteiger partial charge < -0.3 is 15.2 Å². The van der Waals surface area contributed by atoms with Crippen molar-refractivity contribution >= 4 is 5.69 Å². The third kappa shape index (κ3) is 3.02. The van der Waals surface area contributed by atoms with Crippen molar-refractivity contribution in [2.75, 3.05) is 19.0 Å². The van der Waals surface area contributed by atoms with Crippen molar-refractivity contribution in [3.8, 4) is 5.75 Å². The van der Waals surface area contributed by atoms with E-state index in [0.717, 1.165) is 17.0 Å². The smallest absolute Gasteiger partial charge is 0.120 e. The predicted octanol–water partition coefficient (Wildman–Crippen LogP) is 2.84. The predicted molar refractivity (Wildman–Crippen MR) is 72.9 cm³/mol. The molecule has 0 saturated heterocycles. The van der Waals surface area contributed by atoms with Gasteiger partial charge in [-0.05, 0) is 17.7 Å². The highest BCUT2D eigenvalue weighted by Gasteiger charge is 2.09. The summed E-state index contributed by atoms with van der Waals surface area (Å²) in [5, 5.41) is 12.8. The normalized spacial score (nSPS) is 11.9. The number of methoxy groups -OCH3 is 1. The molecular weight excluding hydrogens is 226 g/mol. The number of hydrogen-bond acceptors (Lipinski definition) is 3. The minimum atomic E-state index is -0.113. The van der Waals surface area contributed by atoms with E-state index in [1.54, 1.807) is 7.11 Å². The Morgan fingerprint density at radius 3 is 2.56 bits per heavy atom. The van der Waals surface area contributed by atoms with E-state index in [1.165, 1.54) is 0 Å². The minimum absolute atomic E-state index is 0.0429. The molecule has 2 rings (SSSR count). The molecule has 2 N–H and O–H groups in total. The van der Waals surface area contributed by atoms with E-state index in [4.69, 9.17) is 4.74 Å². The molecule has 0 amide bonds. The van der Waals surface area contributed by atoms with E-state index in [0.29, 0.717) is 0 Å². The molecule has 0 bridgehead atoms. The Kier molecular flexibility index (Phi) is 4.20. The van der Waals surface area contributed by atoms with Crippen LogP contribution in [0, 0.1) is 0 Å². The van der Waals surface area contributed by atoms with Crippen LogP contribution >= 0.6 is 0 Å². The zero-order chi connectivity index (χ0) is 12.8. The average molecular weight is 243 g/mol. The molecule has 94 valence electrons. The number of rotatable bonds is 5. The maximum Gasteiger partial charge on any atom is 0.120 e. The highest BCUT2D eigenvalue weighted by Crippen LogP contribution is 2.22. The number of aliphatic hydroxyl groups excluding tert-OH is 1. The molecule has 2 aromatic rings. The number of hydrogen-bond donors (Lipinski definition) is 2. The second-order valence-electron chi connectivity index (χ2n) is 4.02. The highest BCUT2D eigenvalue weighted by molar-refractivity contribution is 5.50. The molecule has 1 unspecified atom stereocenters. The lowest BCUT2D eigenvalue weighted by atomic mass is 10.1. The van der Waals surface area contributed by atoms with Crippen LogP contribution in [0.15, 0.2) is 54.6 Å². The standard InChI is InChI=1S/C15H17NO2/c1-18-14-9-5-8-13(10-14)16-15(11-17)12-6-3-2-4-7-12/h2-10,15-17H,11H2,1H3. The van der Waals surface area contributed by atoms with Gasteiger partial charge in [0.2, 0.25) is 0 Å². The van der Waals surface area contributed by atoms with E-state index in [2.05, 4.69) is 5.32 Å². The summed E-state index contributed by atoms with van der Waals surface area (Å²) in [5.41, 5.74) is 1.99. The first-order chi connectivity index (χ1) is 8.83. The van der Waals surface area contributed by atoms with Crippen molar-refractivity contribution in [3.05, 3.63) is 60.2 Å². The van der Waals surface area contributed by atoms with Gasteiger partial charge in [0.05, 0.1) is 19.8 Å². The van der Waals surface area contributed by atoms with Crippen LogP contribution in [0.5, 0.6) is 5.75 Å². The number of aliphatic hydroxyl groups is 1. The first-order valence-electron chi connectivity index (χ1n) is 5.90. The Balaban J connectivity index is 2.15. The lowest BCUT2D eigenvalue weighted by Gasteiger charge is -2.18. The van der Waals surface area contributed by atoms with Crippen molar-refractivity contribution in [2.24, 2.45) is 0 Å². The van der Waals surface area contributed by atoms with Crippen molar-refractivity contribution < 1.29 is 9.84 Å². The molecule has 0 aliphatic heterocycles. The molecule has 0 fully saturated rings. The van der Waals surface area contributed by atoms with Gasteiger partial charge in [0.25, 0.3) is 0 Å². The molecule has 18 heavy (non-hydrogen) atoms. The van der Waals surface area contributed by atoms with E-state index in [9.17, 15) is 5.11 Å². The Morgan fingerprint density at radius 1 is 1.11 bits per heavy atom. The second kappa shape index (κ2) is 6.07. The Morgan fingerprint density at radius 2 is 1.89 bits per heavy atom. The monoisotopic (exact) mass is 243 g/mol. The maximum atomic E-state index is 9.47. The van der Waals surface area contributed by atoms with Gasteiger partial charge in [0, 0.05) is 11.8 Å². The van der Waals surface area contributed by atoms with Gasteiger partial charge in [0.1, 0.15) is 5.75 Å². The van der Waals surface area contributed by atoms with Crippen LogP contribution in [-0.2, 0) is 0 Å². The van der Waals surface area contributed by atoms with Crippen molar-refractivity contribution in [1.82, 2.24) is 0 Å².